The monoisotopic (exact) mass is 346 g/mol. The van der Waals surface area contributed by atoms with Crippen LogP contribution in [0.1, 0.15) is 36.3 Å². The van der Waals surface area contributed by atoms with Crippen LogP contribution in [0.4, 0.5) is 11.4 Å². The Balaban J connectivity index is 0.00000208. The second-order valence-electron chi connectivity index (χ2n) is 5.99. The van der Waals surface area contributed by atoms with Gasteiger partial charge in [-0.25, -0.2) is 0 Å². The maximum absolute atomic E-state index is 12.4. The van der Waals surface area contributed by atoms with Gasteiger partial charge in [0.2, 0.25) is 5.91 Å². The third kappa shape index (κ3) is 4.01. The van der Waals surface area contributed by atoms with Crippen molar-refractivity contribution >= 4 is 29.7 Å². The molecule has 1 amide bonds. The van der Waals surface area contributed by atoms with Crippen LogP contribution < -0.4 is 15.8 Å². The van der Waals surface area contributed by atoms with E-state index in [0.29, 0.717) is 23.5 Å². The van der Waals surface area contributed by atoms with Crippen LogP contribution in [-0.2, 0) is 11.2 Å². The van der Waals surface area contributed by atoms with Gasteiger partial charge in [-0.05, 0) is 48.4 Å². The summed E-state index contributed by atoms with van der Waals surface area (Å²) in [6.45, 7) is 0. The molecule has 0 saturated heterocycles. The number of methoxy groups -OCH3 is 1. The van der Waals surface area contributed by atoms with Gasteiger partial charge in [0.15, 0.2) is 0 Å². The molecular weight excluding hydrogens is 324 g/mol. The van der Waals surface area contributed by atoms with Gasteiger partial charge < -0.3 is 15.8 Å². The summed E-state index contributed by atoms with van der Waals surface area (Å²) in [5, 5.41) is 2.92. The Kier molecular flexibility index (Phi) is 6.10. The SMILES string of the molecule is COc1ccc(N)c(NC(=O)CC2CCCc3ccccc32)c1.Cl. The molecule has 0 aromatic heterocycles. The minimum Gasteiger partial charge on any atom is -0.497 e. The fourth-order valence-corrected chi connectivity index (χ4v) is 3.26. The van der Waals surface area contributed by atoms with E-state index >= 15 is 0 Å². The zero-order chi connectivity index (χ0) is 16.2. The van der Waals surface area contributed by atoms with Gasteiger partial charge in [-0.3, -0.25) is 4.79 Å². The second kappa shape index (κ2) is 8.06. The molecular formula is C19H23ClN2O2. The number of fused-ring (bicyclic) bond motifs is 1. The average Bonchev–Trinajstić information content (AvgIpc) is 2.57. The quantitative estimate of drug-likeness (QED) is 0.817. The molecule has 4 nitrogen and oxygen atoms in total. The molecule has 3 N–H and O–H groups in total. The molecule has 24 heavy (non-hydrogen) atoms. The highest BCUT2D eigenvalue weighted by atomic mass is 35.5. The smallest absolute Gasteiger partial charge is 0.225 e. The normalized spacial score (nSPS) is 15.8. The topological polar surface area (TPSA) is 64.3 Å². The van der Waals surface area contributed by atoms with Crippen LogP contribution in [0.5, 0.6) is 5.75 Å². The minimum absolute atomic E-state index is 0. The third-order valence-corrected chi connectivity index (χ3v) is 4.46. The molecule has 0 radical (unpaired) electrons. The van der Waals surface area contributed by atoms with Crippen molar-refractivity contribution in [3.05, 3.63) is 53.6 Å². The van der Waals surface area contributed by atoms with E-state index in [0.717, 1.165) is 19.3 Å². The molecule has 5 heteroatoms. The Morgan fingerprint density at radius 3 is 2.88 bits per heavy atom. The Hall–Kier alpha value is -2.20. The van der Waals surface area contributed by atoms with Crippen LogP contribution in [0.3, 0.4) is 0 Å². The molecule has 0 heterocycles. The summed E-state index contributed by atoms with van der Waals surface area (Å²) in [5.41, 5.74) is 9.77. The van der Waals surface area contributed by atoms with Crippen molar-refractivity contribution < 1.29 is 9.53 Å². The van der Waals surface area contributed by atoms with Crippen LogP contribution in [0.15, 0.2) is 42.5 Å². The first-order valence-electron chi connectivity index (χ1n) is 7.98. The van der Waals surface area contributed by atoms with E-state index in [1.807, 2.05) is 0 Å². The van der Waals surface area contributed by atoms with Gasteiger partial charge in [0, 0.05) is 12.5 Å². The number of rotatable bonds is 4. The van der Waals surface area contributed by atoms with Gasteiger partial charge in [-0.15, -0.1) is 12.4 Å². The van der Waals surface area contributed by atoms with Gasteiger partial charge in [0.1, 0.15) is 5.75 Å². The molecule has 2 aromatic rings. The number of halogens is 1. The third-order valence-electron chi connectivity index (χ3n) is 4.46. The van der Waals surface area contributed by atoms with E-state index in [1.54, 1.807) is 25.3 Å². The number of hydrogen-bond acceptors (Lipinski definition) is 3. The number of benzene rings is 2. The first-order chi connectivity index (χ1) is 11.2. The lowest BCUT2D eigenvalue weighted by Crippen LogP contribution is -2.19. The summed E-state index contributed by atoms with van der Waals surface area (Å²) in [5.74, 6) is 0.955. The molecule has 0 spiro atoms. The van der Waals surface area contributed by atoms with Crippen molar-refractivity contribution in [3.63, 3.8) is 0 Å². The van der Waals surface area contributed by atoms with Crippen LogP contribution in [0.2, 0.25) is 0 Å². The van der Waals surface area contributed by atoms with Crippen molar-refractivity contribution in [2.45, 2.75) is 31.6 Å². The van der Waals surface area contributed by atoms with Gasteiger partial charge in [-0.1, -0.05) is 24.3 Å². The fourth-order valence-electron chi connectivity index (χ4n) is 3.26. The molecule has 1 unspecified atom stereocenters. The van der Waals surface area contributed by atoms with Crippen LogP contribution in [-0.4, -0.2) is 13.0 Å². The highest BCUT2D eigenvalue weighted by Crippen LogP contribution is 2.34. The van der Waals surface area contributed by atoms with Gasteiger partial charge in [-0.2, -0.15) is 0 Å². The number of nitrogens with two attached hydrogens (primary N) is 1. The van der Waals surface area contributed by atoms with Gasteiger partial charge in [0.25, 0.3) is 0 Å². The summed E-state index contributed by atoms with van der Waals surface area (Å²) in [7, 11) is 1.59. The molecule has 128 valence electrons. The Labute approximate surface area is 148 Å². The number of amides is 1. The lowest BCUT2D eigenvalue weighted by Gasteiger charge is -2.25. The summed E-state index contributed by atoms with van der Waals surface area (Å²) in [6, 6.07) is 13.7. The molecule has 1 aliphatic carbocycles. The Morgan fingerprint density at radius 1 is 1.29 bits per heavy atom. The first kappa shape index (κ1) is 18.1. The summed E-state index contributed by atoms with van der Waals surface area (Å²) in [4.78, 5) is 12.4. The van der Waals surface area contributed by atoms with Crippen molar-refractivity contribution in [2.75, 3.05) is 18.2 Å². The zero-order valence-electron chi connectivity index (χ0n) is 13.7. The van der Waals surface area contributed by atoms with E-state index < -0.39 is 0 Å². The molecule has 1 atom stereocenters. The van der Waals surface area contributed by atoms with E-state index in [4.69, 9.17) is 10.5 Å². The molecule has 1 aliphatic rings. The number of aryl methyl sites for hydroxylation is 1. The molecule has 0 aliphatic heterocycles. The number of nitrogen functional groups attached to an aromatic ring is 1. The number of carbonyl (C=O) groups is 1. The number of hydrogen-bond donors (Lipinski definition) is 2. The molecule has 0 saturated carbocycles. The number of anilines is 2. The Bertz CT molecular complexity index is 718. The standard InChI is InChI=1S/C19H22N2O2.ClH/c1-23-15-9-10-17(20)18(12-15)21-19(22)11-14-7-4-6-13-5-2-3-8-16(13)14;/h2-3,5,8-10,12,14H,4,6-7,11,20H2,1H3,(H,21,22);1H. The number of ether oxygens (including phenoxy) is 1. The lowest BCUT2D eigenvalue weighted by atomic mass is 9.81. The van der Waals surface area contributed by atoms with E-state index in [2.05, 4.69) is 29.6 Å². The number of carbonyl (C=O) groups excluding carboxylic acids is 1. The fraction of sp³-hybridized carbons (Fsp3) is 0.316. The van der Waals surface area contributed by atoms with E-state index in [1.165, 1.54) is 11.1 Å². The highest BCUT2D eigenvalue weighted by molar-refractivity contribution is 5.94. The second-order valence-corrected chi connectivity index (χ2v) is 5.99. The molecule has 2 aromatic carbocycles. The summed E-state index contributed by atoms with van der Waals surface area (Å²) < 4.78 is 5.18. The Morgan fingerprint density at radius 2 is 2.08 bits per heavy atom. The van der Waals surface area contributed by atoms with Crippen molar-refractivity contribution in [1.82, 2.24) is 0 Å². The molecule has 0 fully saturated rings. The summed E-state index contributed by atoms with van der Waals surface area (Å²) >= 11 is 0. The molecule has 0 bridgehead atoms. The van der Waals surface area contributed by atoms with Crippen LogP contribution in [0, 0.1) is 0 Å². The first-order valence-corrected chi connectivity index (χ1v) is 7.98. The van der Waals surface area contributed by atoms with Gasteiger partial charge in [0.05, 0.1) is 18.5 Å². The molecule has 3 rings (SSSR count). The van der Waals surface area contributed by atoms with E-state index in [-0.39, 0.29) is 24.2 Å². The van der Waals surface area contributed by atoms with Crippen molar-refractivity contribution in [3.8, 4) is 5.75 Å². The van der Waals surface area contributed by atoms with Crippen molar-refractivity contribution in [2.24, 2.45) is 0 Å². The predicted molar refractivity (Wildman–Crippen MR) is 100 cm³/mol. The lowest BCUT2D eigenvalue weighted by molar-refractivity contribution is -0.116. The maximum Gasteiger partial charge on any atom is 0.225 e. The van der Waals surface area contributed by atoms with Gasteiger partial charge >= 0.3 is 0 Å². The zero-order valence-corrected chi connectivity index (χ0v) is 14.6. The number of nitrogens with one attached hydrogen (secondary N) is 1. The van der Waals surface area contributed by atoms with Crippen molar-refractivity contribution in [1.29, 1.82) is 0 Å². The maximum atomic E-state index is 12.4. The van der Waals surface area contributed by atoms with Crippen LogP contribution in [0.25, 0.3) is 0 Å². The predicted octanol–water partition coefficient (Wildman–Crippen LogP) is 4.15. The van der Waals surface area contributed by atoms with Crippen LogP contribution >= 0.6 is 12.4 Å². The van der Waals surface area contributed by atoms with E-state index in [9.17, 15) is 4.79 Å². The largest absolute Gasteiger partial charge is 0.497 e. The highest BCUT2D eigenvalue weighted by Gasteiger charge is 2.22. The summed E-state index contributed by atoms with van der Waals surface area (Å²) in [6.07, 6.45) is 3.78. The average molecular weight is 347 g/mol. The minimum atomic E-state index is -0.00773.